The van der Waals surface area contributed by atoms with E-state index in [1.165, 1.54) is 0 Å². The molecule has 116 valence electrons. The average molecular weight is 292 g/mol. The van der Waals surface area contributed by atoms with Gasteiger partial charge in [-0.15, -0.1) is 0 Å². The number of aliphatic hydroxyl groups excluding tert-OH is 1. The molecule has 1 aromatic rings. The van der Waals surface area contributed by atoms with Crippen LogP contribution in [0, 0.1) is 6.92 Å². The van der Waals surface area contributed by atoms with E-state index in [1.54, 1.807) is 6.92 Å². The van der Waals surface area contributed by atoms with Crippen molar-refractivity contribution in [3.63, 3.8) is 0 Å². The first-order valence-electron chi connectivity index (χ1n) is 7.45. The second-order valence-electron chi connectivity index (χ2n) is 5.60. The summed E-state index contributed by atoms with van der Waals surface area (Å²) in [4.78, 5) is 18.5. The van der Waals surface area contributed by atoms with Gasteiger partial charge in [-0.3, -0.25) is 0 Å². The maximum Gasteiger partial charge on any atom is 0.315 e. The number of nitrogens with zero attached hydrogens (tertiary/aromatic N) is 2. The van der Waals surface area contributed by atoms with Crippen molar-refractivity contribution in [3.8, 4) is 0 Å². The predicted octanol–water partition coefficient (Wildman–Crippen LogP) is 1.04. The molecule has 0 bridgehead atoms. The zero-order valence-corrected chi connectivity index (χ0v) is 12.7. The smallest absolute Gasteiger partial charge is 0.315 e. The second kappa shape index (κ2) is 7.26. The van der Waals surface area contributed by atoms with E-state index in [0.717, 1.165) is 37.4 Å². The lowest BCUT2D eigenvalue weighted by molar-refractivity contribution is 0.215. The number of carbonyl (C=O) groups is 1. The van der Waals surface area contributed by atoms with Crippen LogP contribution in [0.5, 0.6) is 0 Å². The number of aryl methyl sites for hydroxylation is 1. The molecule has 1 aromatic heterocycles. The summed E-state index contributed by atoms with van der Waals surface area (Å²) in [5, 5.41) is 14.6. The lowest BCUT2D eigenvalue weighted by atomic mass is 10.1. The van der Waals surface area contributed by atoms with Gasteiger partial charge in [0, 0.05) is 24.8 Å². The summed E-state index contributed by atoms with van der Waals surface area (Å²) in [6, 6.07) is 5.79. The van der Waals surface area contributed by atoms with Crippen LogP contribution in [-0.2, 0) is 0 Å². The Kier molecular flexibility index (Phi) is 5.38. The Balaban J connectivity index is 1.79. The molecule has 0 spiro atoms. The summed E-state index contributed by atoms with van der Waals surface area (Å²) < 4.78 is 0. The topological polar surface area (TPSA) is 77.5 Å². The fraction of sp³-hybridized carbons (Fsp3) is 0.600. The maximum absolute atomic E-state index is 11.7. The van der Waals surface area contributed by atoms with Crippen LogP contribution in [0.2, 0.25) is 0 Å². The van der Waals surface area contributed by atoms with Crippen LogP contribution in [0.1, 0.15) is 25.5 Å². The van der Waals surface area contributed by atoms with Crippen LogP contribution in [0.4, 0.5) is 10.6 Å². The molecule has 1 aliphatic heterocycles. The Morgan fingerprint density at radius 2 is 2.19 bits per heavy atom. The van der Waals surface area contributed by atoms with Crippen molar-refractivity contribution in [1.82, 2.24) is 15.6 Å². The molecule has 0 aromatic carbocycles. The monoisotopic (exact) mass is 292 g/mol. The molecule has 6 nitrogen and oxygen atoms in total. The van der Waals surface area contributed by atoms with Crippen molar-refractivity contribution in [3.05, 3.63) is 23.9 Å². The van der Waals surface area contributed by atoms with Gasteiger partial charge in [-0.25, -0.2) is 9.78 Å². The van der Waals surface area contributed by atoms with Gasteiger partial charge in [-0.1, -0.05) is 6.07 Å². The van der Waals surface area contributed by atoms with Crippen molar-refractivity contribution < 1.29 is 9.90 Å². The molecule has 0 aliphatic carbocycles. The fourth-order valence-electron chi connectivity index (χ4n) is 2.45. The number of hydrogen-bond acceptors (Lipinski definition) is 4. The first-order chi connectivity index (χ1) is 10.1. The molecule has 0 saturated carbocycles. The highest BCUT2D eigenvalue weighted by Gasteiger charge is 2.21. The fourth-order valence-corrected chi connectivity index (χ4v) is 2.45. The van der Waals surface area contributed by atoms with Crippen molar-refractivity contribution >= 4 is 11.8 Å². The molecular formula is C15H24N4O2. The largest absolute Gasteiger partial charge is 0.394 e. The number of urea groups is 1. The average Bonchev–Trinajstić information content (AvgIpc) is 2.47. The number of aliphatic hydroxyl groups is 1. The number of piperidine rings is 1. The third-order valence-electron chi connectivity index (χ3n) is 3.68. The van der Waals surface area contributed by atoms with Gasteiger partial charge >= 0.3 is 6.03 Å². The zero-order valence-electron chi connectivity index (χ0n) is 12.7. The number of carbonyl (C=O) groups excluding carboxylic acids is 1. The number of hydrogen-bond donors (Lipinski definition) is 3. The summed E-state index contributed by atoms with van der Waals surface area (Å²) in [6.07, 6.45) is 1.80. The van der Waals surface area contributed by atoms with Gasteiger partial charge in [0.15, 0.2) is 0 Å². The van der Waals surface area contributed by atoms with E-state index in [9.17, 15) is 4.79 Å². The minimum absolute atomic E-state index is 0.0507. The van der Waals surface area contributed by atoms with E-state index in [4.69, 9.17) is 5.11 Å². The SMILES string of the molecule is Cc1cccc(N2CCC(NC(=O)NC(C)CO)CC2)n1. The Hall–Kier alpha value is -1.82. The summed E-state index contributed by atoms with van der Waals surface area (Å²) in [6.45, 7) is 5.48. The number of pyridine rings is 1. The van der Waals surface area contributed by atoms with Crippen LogP contribution in [0.15, 0.2) is 18.2 Å². The van der Waals surface area contributed by atoms with Gasteiger partial charge in [-0.2, -0.15) is 0 Å². The van der Waals surface area contributed by atoms with Gasteiger partial charge in [0.25, 0.3) is 0 Å². The van der Waals surface area contributed by atoms with Crippen LogP contribution < -0.4 is 15.5 Å². The van der Waals surface area contributed by atoms with E-state index in [0.29, 0.717) is 0 Å². The third kappa shape index (κ3) is 4.60. The Bertz CT molecular complexity index is 472. The minimum atomic E-state index is -0.221. The maximum atomic E-state index is 11.7. The predicted molar refractivity (Wildman–Crippen MR) is 82.4 cm³/mol. The molecule has 1 unspecified atom stereocenters. The molecule has 1 fully saturated rings. The molecule has 1 aliphatic rings. The Labute approximate surface area is 125 Å². The molecule has 21 heavy (non-hydrogen) atoms. The molecule has 1 atom stereocenters. The van der Waals surface area contributed by atoms with Crippen molar-refractivity contribution in [2.75, 3.05) is 24.6 Å². The van der Waals surface area contributed by atoms with Gasteiger partial charge in [0.1, 0.15) is 5.82 Å². The zero-order chi connectivity index (χ0) is 15.2. The highest BCUT2D eigenvalue weighted by atomic mass is 16.3. The molecule has 0 radical (unpaired) electrons. The van der Waals surface area contributed by atoms with Crippen LogP contribution in [0.25, 0.3) is 0 Å². The normalized spacial score (nSPS) is 17.4. The summed E-state index contributed by atoms with van der Waals surface area (Å²) in [5.74, 6) is 1.01. The lowest BCUT2D eigenvalue weighted by Crippen LogP contribution is -2.50. The first kappa shape index (κ1) is 15.6. The van der Waals surface area contributed by atoms with E-state index < -0.39 is 0 Å². The van der Waals surface area contributed by atoms with Crippen molar-refractivity contribution in [1.29, 1.82) is 0 Å². The third-order valence-corrected chi connectivity index (χ3v) is 3.68. The highest BCUT2D eigenvalue weighted by molar-refractivity contribution is 5.74. The number of aromatic nitrogens is 1. The van der Waals surface area contributed by atoms with Crippen LogP contribution in [0.3, 0.4) is 0 Å². The van der Waals surface area contributed by atoms with E-state index >= 15 is 0 Å². The van der Waals surface area contributed by atoms with Gasteiger partial charge < -0.3 is 20.6 Å². The molecule has 1 saturated heterocycles. The van der Waals surface area contributed by atoms with E-state index in [2.05, 4.69) is 20.5 Å². The summed E-state index contributed by atoms with van der Waals surface area (Å²) in [5.41, 5.74) is 1.02. The van der Waals surface area contributed by atoms with Gasteiger partial charge in [0.05, 0.1) is 12.6 Å². The Morgan fingerprint density at radius 1 is 1.48 bits per heavy atom. The van der Waals surface area contributed by atoms with Gasteiger partial charge in [-0.05, 0) is 38.8 Å². The summed E-state index contributed by atoms with van der Waals surface area (Å²) in [7, 11) is 0. The number of nitrogens with one attached hydrogen (secondary N) is 2. The standard InChI is InChI=1S/C15H24N4O2/c1-11-4-3-5-14(16-11)19-8-6-13(7-9-19)18-15(21)17-12(2)10-20/h3-5,12-13,20H,6-10H2,1-2H3,(H2,17,18,21). The molecule has 3 N–H and O–H groups in total. The number of anilines is 1. The highest BCUT2D eigenvalue weighted by Crippen LogP contribution is 2.18. The lowest BCUT2D eigenvalue weighted by Gasteiger charge is -2.33. The second-order valence-corrected chi connectivity index (χ2v) is 5.60. The summed E-state index contributed by atoms with van der Waals surface area (Å²) >= 11 is 0. The molecule has 2 rings (SSSR count). The number of rotatable bonds is 4. The van der Waals surface area contributed by atoms with Crippen LogP contribution in [-0.4, -0.2) is 47.9 Å². The first-order valence-corrected chi connectivity index (χ1v) is 7.45. The Morgan fingerprint density at radius 3 is 2.81 bits per heavy atom. The van der Waals surface area contributed by atoms with Gasteiger partial charge in [0.2, 0.25) is 0 Å². The molecule has 2 heterocycles. The quantitative estimate of drug-likeness (QED) is 0.775. The van der Waals surface area contributed by atoms with Crippen LogP contribution >= 0.6 is 0 Å². The molecule has 2 amide bonds. The van der Waals surface area contributed by atoms with Crippen molar-refractivity contribution in [2.24, 2.45) is 0 Å². The minimum Gasteiger partial charge on any atom is -0.394 e. The molecular weight excluding hydrogens is 268 g/mol. The molecule has 6 heteroatoms. The van der Waals surface area contributed by atoms with E-state index in [-0.39, 0.29) is 24.7 Å². The van der Waals surface area contributed by atoms with E-state index in [1.807, 2.05) is 25.1 Å². The number of amides is 2. The van der Waals surface area contributed by atoms with Crippen molar-refractivity contribution in [2.45, 2.75) is 38.8 Å².